The van der Waals surface area contributed by atoms with Crippen molar-refractivity contribution in [3.63, 3.8) is 0 Å². The molecule has 0 aliphatic heterocycles. The van der Waals surface area contributed by atoms with Crippen molar-refractivity contribution in [3.8, 4) is 0 Å². The predicted molar refractivity (Wildman–Crippen MR) is 250 cm³/mol. The minimum atomic E-state index is -4.64. The fraction of sp³-hybridized carbons (Fsp3) is 0.800. The van der Waals surface area contributed by atoms with Crippen LogP contribution in [-0.4, -0.2) is 70.0 Å². The van der Waals surface area contributed by atoms with Crippen molar-refractivity contribution < 1.29 is 42.1 Å². The third-order valence-electron chi connectivity index (χ3n) is 10.4. The summed E-state index contributed by atoms with van der Waals surface area (Å²) in [4.78, 5) is 37.6. The van der Waals surface area contributed by atoms with E-state index in [1.54, 1.807) is 0 Å². The molecule has 2 atom stereocenters. The Morgan fingerprint density at radius 3 is 1.42 bits per heavy atom. The number of phosphoric ester groups is 1. The maximum absolute atomic E-state index is 12.7. The van der Waals surface area contributed by atoms with Gasteiger partial charge in [-0.05, 0) is 51.4 Å². The molecule has 10 heteroatoms. The van der Waals surface area contributed by atoms with E-state index in [2.05, 4.69) is 62.5 Å². The van der Waals surface area contributed by atoms with E-state index in [4.69, 9.17) is 18.5 Å². The van der Waals surface area contributed by atoms with Crippen LogP contribution in [0.25, 0.3) is 0 Å². The summed E-state index contributed by atoms with van der Waals surface area (Å²) in [5, 5.41) is 0. The van der Waals surface area contributed by atoms with Gasteiger partial charge >= 0.3 is 11.9 Å². The number of hydrogen-bond donors (Lipinski definition) is 0. The third kappa shape index (κ3) is 45.5. The second kappa shape index (κ2) is 42.3. The Morgan fingerprint density at radius 2 is 0.950 bits per heavy atom. The standard InChI is InChI=1S/C50H92NO8P/c1-6-8-10-12-14-16-18-20-22-23-24-25-26-27-29-30-32-34-36-38-40-42-49(52)56-46-48(47-58-60(54,55)57-45-44-51(3,4)5)59-50(53)43-41-39-37-35-33-31-28-21-19-17-15-13-11-9-7-2/h9,11,15,17,21,28,33,35,48H,6-8,10,12-14,16,18-20,22-27,29-32,34,36-47H2,1-5H3/b11-9-,17-15-,28-21-,35-33-. The number of unbranched alkanes of at least 4 members (excludes halogenated alkanes) is 22. The van der Waals surface area contributed by atoms with E-state index in [1.807, 2.05) is 21.1 Å². The van der Waals surface area contributed by atoms with E-state index < -0.39 is 32.5 Å². The zero-order valence-corrected chi connectivity index (χ0v) is 40.3. The van der Waals surface area contributed by atoms with Gasteiger partial charge in [-0.2, -0.15) is 0 Å². The van der Waals surface area contributed by atoms with Gasteiger partial charge in [0.25, 0.3) is 7.82 Å². The molecular weight excluding hydrogens is 774 g/mol. The van der Waals surface area contributed by atoms with Gasteiger partial charge in [-0.15, -0.1) is 0 Å². The largest absolute Gasteiger partial charge is 0.756 e. The van der Waals surface area contributed by atoms with Crippen LogP contribution < -0.4 is 4.89 Å². The molecule has 0 aromatic heterocycles. The molecule has 0 aromatic carbocycles. The highest BCUT2D eigenvalue weighted by Crippen LogP contribution is 2.38. The lowest BCUT2D eigenvalue weighted by atomic mass is 10.0. The molecule has 350 valence electrons. The highest BCUT2D eigenvalue weighted by atomic mass is 31.2. The normalized spacial score (nSPS) is 13.9. The summed E-state index contributed by atoms with van der Waals surface area (Å²) < 4.78 is 33.9. The van der Waals surface area contributed by atoms with Gasteiger partial charge < -0.3 is 27.9 Å². The molecule has 2 unspecified atom stereocenters. The predicted octanol–water partition coefficient (Wildman–Crippen LogP) is 13.6. The van der Waals surface area contributed by atoms with Crippen LogP contribution in [0, 0.1) is 0 Å². The van der Waals surface area contributed by atoms with Crippen LogP contribution in [0.4, 0.5) is 0 Å². The van der Waals surface area contributed by atoms with Gasteiger partial charge in [0.2, 0.25) is 0 Å². The van der Waals surface area contributed by atoms with Gasteiger partial charge in [0.15, 0.2) is 6.10 Å². The smallest absolute Gasteiger partial charge is 0.306 e. The van der Waals surface area contributed by atoms with Gasteiger partial charge in [0.1, 0.15) is 19.8 Å². The molecule has 0 saturated carbocycles. The first-order chi connectivity index (χ1) is 29.0. The summed E-state index contributed by atoms with van der Waals surface area (Å²) in [6, 6.07) is 0. The number of likely N-dealkylation sites (N-methyl/N-ethyl adjacent to an activating group) is 1. The summed E-state index contributed by atoms with van der Waals surface area (Å²) in [7, 11) is 1.14. The van der Waals surface area contributed by atoms with Gasteiger partial charge in [-0.3, -0.25) is 14.2 Å². The molecule has 0 aliphatic carbocycles. The summed E-state index contributed by atoms with van der Waals surface area (Å²) in [6.07, 6.45) is 50.1. The minimum absolute atomic E-state index is 0.0392. The van der Waals surface area contributed by atoms with Crippen molar-refractivity contribution in [2.24, 2.45) is 0 Å². The minimum Gasteiger partial charge on any atom is -0.756 e. The van der Waals surface area contributed by atoms with Gasteiger partial charge in [0.05, 0.1) is 27.7 Å². The van der Waals surface area contributed by atoms with E-state index in [-0.39, 0.29) is 26.1 Å². The summed E-state index contributed by atoms with van der Waals surface area (Å²) in [5.41, 5.74) is 0. The number of rotatable bonds is 44. The molecule has 60 heavy (non-hydrogen) atoms. The van der Waals surface area contributed by atoms with Crippen LogP contribution in [0.1, 0.15) is 206 Å². The SMILES string of the molecule is CC/C=C\C/C=C\C/C=C\C/C=C\CCCCC(=O)OC(COC(=O)CCCCCCCCCCCCCCCCCCCCCCC)COP(=O)([O-])OCC[N+](C)(C)C. The van der Waals surface area contributed by atoms with Crippen molar-refractivity contribution in [1.82, 2.24) is 0 Å². The average Bonchev–Trinajstić information content (AvgIpc) is 3.20. The second-order valence-corrected chi connectivity index (χ2v) is 18.9. The molecule has 0 N–H and O–H groups in total. The number of hydrogen-bond acceptors (Lipinski definition) is 8. The molecule has 0 radical (unpaired) electrons. The van der Waals surface area contributed by atoms with Gasteiger partial charge in [-0.25, -0.2) is 0 Å². The van der Waals surface area contributed by atoms with Crippen molar-refractivity contribution >= 4 is 19.8 Å². The van der Waals surface area contributed by atoms with Crippen molar-refractivity contribution in [2.45, 2.75) is 213 Å². The van der Waals surface area contributed by atoms with E-state index >= 15 is 0 Å². The zero-order valence-electron chi connectivity index (χ0n) is 39.4. The number of carbonyl (C=O) groups excluding carboxylic acids is 2. The number of esters is 2. The third-order valence-corrected chi connectivity index (χ3v) is 11.3. The van der Waals surface area contributed by atoms with Crippen LogP contribution >= 0.6 is 7.82 Å². The lowest BCUT2D eigenvalue weighted by molar-refractivity contribution is -0.870. The first kappa shape index (κ1) is 58.0. The number of carbonyl (C=O) groups is 2. The molecule has 0 spiro atoms. The van der Waals surface area contributed by atoms with E-state index in [9.17, 15) is 19.0 Å². The molecular formula is C50H92NO8P. The summed E-state index contributed by atoms with van der Waals surface area (Å²) >= 11 is 0. The fourth-order valence-corrected chi connectivity index (χ4v) is 7.32. The Balaban J connectivity index is 4.28. The quantitative estimate of drug-likeness (QED) is 0.0196. The molecule has 0 aromatic rings. The first-order valence-corrected chi connectivity index (χ1v) is 25.8. The van der Waals surface area contributed by atoms with Crippen LogP contribution in [0.5, 0.6) is 0 Å². The van der Waals surface area contributed by atoms with Crippen molar-refractivity contribution in [1.29, 1.82) is 0 Å². The Morgan fingerprint density at radius 1 is 0.533 bits per heavy atom. The molecule has 0 amide bonds. The number of ether oxygens (including phenoxy) is 2. The zero-order chi connectivity index (χ0) is 44.3. The number of phosphoric acid groups is 1. The lowest BCUT2D eigenvalue weighted by Crippen LogP contribution is -2.37. The molecule has 0 aliphatic rings. The highest BCUT2D eigenvalue weighted by Gasteiger charge is 2.21. The summed E-state index contributed by atoms with van der Waals surface area (Å²) in [5.74, 6) is -0.878. The van der Waals surface area contributed by atoms with Crippen LogP contribution in [0.2, 0.25) is 0 Å². The Hall–Kier alpha value is -2.03. The number of allylic oxidation sites excluding steroid dienone is 8. The van der Waals surface area contributed by atoms with Gasteiger partial charge in [0, 0.05) is 12.8 Å². The second-order valence-electron chi connectivity index (χ2n) is 17.5. The van der Waals surface area contributed by atoms with Crippen LogP contribution in [-0.2, 0) is 32.7 Å². The van der Waals surface area contributed by atoms with E-state index in [1.165, 1.54) is 116 Å². The Bertz CT molecular complexity index is 1160. The number of quaternary nitrogens is 1. The molecule has 0 saturated heterocycles. The Labute approximate surface area is 369 Å². The first-order valence-electron chi connectivity index (χ1n) is 24.3. The van der Waals surface area contributed by atoms with Crippen LogP contribution in [0.3, 0.4) is 0 Å². The van der Waals surface area contributed by atoms with Crippen LogP contribution in [0.15, 0.2) is 48.6 Å². The maximum Gasteiger partial charge on any atom is 0.306 e. The molecule has 0 fully saturated rings. The highest BCUT2D eigenvalue weighted by molar-refractivity contribution is 7.45. The Kier molecular flexibility index (Phi) is 40.8. The fourth-order valence-electron chi connectivity index (χ4n) is 6.59. The van der Waals surface area contributed by atoms with E-state index in [0.717, 1.165) is 57.8 Å². The van der Waals surface area contributed by atoms with Gasteiger partial charge in [-0.1, -0.05) is 191 Å². The molecule has 0 heterocycles. The topological polar surface area (TPSA) is 111 Å². The molecule has 0 rings (SSSR count). The average molecular weight is 866 g/mol. The monoisotopic (exact) mass is 866 g/mol. The van der Waals surface area contributed by atoms with E-state index in [0.29, 0.717) is 17.4 Å². The summed E-state index contributed by atoms with van der Waals surface area (Å²) in [6.45, 7) is 4.08. The maximum atomic E-state index is 12.7. The molecule has 9 nitrogen and oxygen atoms in total. The van der Waals surface area contributed by atoms with Crippen molar-refractivity contribution in [2.75, 3.05) is 47.5 Å². The molecule has 0 bridgehead atoms. The van der Waals surface area contributed by atoms with Crippen molar-refractivity contribution in [3.05, 3.63) is 48.6 Å². The lowest BCUT2D eigenvalue weighted by Gasteiger charge is -2.28. The number of nitrogens with zero attached hydrogens (tertiary/aromatic N) is 1.